The number of carbonyl (C=O) groups excluding carboxylic acids is 1. The first-order valence-corrected chi connectivity index (χ1v) is 9.31. The molecule has 0 saturated carbocycles. The summed E-state index contributed by atoms with van der Waals surface area (Å²) in [6.07, 6.45) is 7.74. The number of hydrogen-bond donors (Lipinski definition) is 1. The minimum atomic E-state index is 0.0468. The molecule has 1 unspecified atom stereocenters. The van der Waals surface area contributed by atoms with Gasteiger partial charge in [0, 0.05) is 67.1 Å². The van der Waals surface area contributed by atoms with Crippen molar-refractivity contribution in [3.63, 3.8) is 0 Å². The van der Waals surface area contributed by atoms with Crippen molar-refractivity contribution < 1.29 is 4.79 Å². The second kappa shape index (κ2) is 7.14. The van der Waals surface area contributed by atoms with Crippen molar-refractivity contribution in [3.8, 4) is 10.6 Å². The highest BCUT2D eigenvalue weighted by Crippen LogP contribution is 2.23. The highest BCUT2D eigenvalue weighted by Gasteiger charge is 2.24. The molecule has 3 aromatic rings. The molecule has 0 radical (unpaired) electrons. The average Bonchev–Trinajstić information content (AvgIpc) is 3.31. The van der Waals surface area contributed by atoms with E-state index in [0.29, 0.717) is 6.54 Å². The summed E-state index contributed by atoms with van der Waals surface area (Å²) in [7, 11) is 0. The summed E-state index contributed by atoms with van der Waals surface area (Å²) in [5.74, 6) is 0.181. The van der Waals surface area contributed by atoms with Crippen LogP contribution in [-0.4, -0.2) is 32.2 Å². The van der Waals surface area contributed by atoms with Crippen LogP contribution in [0, 0.1) is 5.92 Å². The summed E-state index contributed by atoms with van der Waals surface area (Å²) >= 11 is 1.61. The maximum Gasteiger partial charge on any atom is 0.223 e. The van der Waals surface area contributed by atoms with Crippen LogP contribution in [0.3, 0.4) is 0 Å². The van der Waals surface area contributed by atoms with Crippen LogP contribution in [0.15, 0.2) is 42.2 Å². The van der Waals surface area contributed by atoms with Crippen molar-refractivity contribution in [2.24, 2.45) is 5.92 Å². The van der Waals surface area contributed by atoms with Crippen molar-refractivity contribution in [3.05, 3.63) is 53.6 Å². The second-order valence-electron chi connectivity index (χ2n) is 6.16. The lowest BCUT2D eigenvalue weighted by atomic mass is 9.95. The number of nitrogens with zero attached hydrogens (tertiary/aromatic N) is 4. The Labute approximate surface area is 149 Å². The molecule has 1 amide bonds. The Kier molecular flexibility index (Phi) is 4.56. The summed E-state index contributed by atoms with van der Waals surface area (Å²) < 4.78 is 1.99. The third-order valence-electron chi connectivity index (χ3n) is 4.46. The zero-order valence-corrected chi connectivity index (χ0v) is 14.6. The lowest BCUT2D eigenvalue weighted by Gasteiger charge is -2.22. The van der Waals surface area contributed by atoms with Crippen molar-refractivity contribution >= 4 is 17.2 Å². The van der Waals surface area contributed by atoms with Gasteiger partial charge >= 0.3 is 0 Å². The Balaban J connectivity index is 1.28. The fourth-order valence-corrected chi connectivity index (χ4v) is 3.94. The number of aryl methyl sites for hydroxylation is 1. The van der Waals surface area contributed by atoms with E-state index in [9.17, 15) is 4.79 Å². The van der Waals surface area contributed by atoms with Gasteiger partial charge in [0.05, 0.1) is 5.69 Å². The maximum atomic E-state index is 12.4. The third-order valence-corrected chi connectivity index (χ3v) is 5.40. The van der Waals surface area contributed by atoms with Gasteiger partial charge in [-0.3, -0.25) is 14.5 Å². The number of aromatic nitrogens is 4. The first kappa shape index (κ1) is 16.0. The molecule has 0 fully saturated rings. The van der Waals surface area contributed by atoms with Crippen LogP contribution in [-0.2, 0) is 24.2 Å². The molecule has 6 nitrogen and oxygen atoms in total. The van der Waals surface area contributed by atoms with Crippen LogP contribution in [0.25, 0.3) is 10.6 Å². The van der Waals surface area contributed by atoms with Gasteiger partial charge in [0.25, 0.3) is 0 Å². The van der Waals surface area contributed by atoms with Gasteiger partial charge in [0.15, 0.2) is 0 Å². The van der Waals surface area contributed by atoms with Crippen LogP contribution in [0.5, 0.6) is 0 Å². The minimum absolute atomic E-state index is 0.0468. The van der Waals surface area contributed by atoms with E-state index >= 15 is 0 Å². The molecule has 0 bridgehead atoms. The Hall–Kier alpha value is -2.54. The molecule has 4 heterocycles. The number of pyridine rings is 1. The quantitative estimate of drug-likeness (QED) is 0.764. The molecule has 1 N–H and O–H groups in total. The molecule has 1 aliphatic heterocycles. The summed E-state index contributed by atoms with van der Waals surface area (Å²) in [5.41, 5.74) is 3.18. The Morgan fingerprint density at radius 1 is 1.36 bits per heavy atom. The van der Waals surface area contributed by atoms with Gasteiger partial charge in [-0.25, -0.2) is 4.98 Å². The predicted molar refractivity (Wildman–Crippen MR) is 96.1 cm³/mol. The zero-order valence-electron chi connectivity index (χ0n) is 13.8. The molecule has 1 aliphatic rings. The molecule has 0 spiro atoms. The monoisotopic (exact) mass is 353 g/mol. The van der Waals surface area contributed by atoms with E-state index in [1.807, 2.05) is 34.5 Å². The molecular weight excluding hydrogens is 334 g/mol. The van der Waals surface area contributed by atoms with E-state index in [4.69, 9.17) is 0 Å². The number of rotatable bonds is 5. The average molecular weight is 353 g/mol. The fourth-order valence-electron chi connectivity index (χ4n) is 3.09. The summed E-state index contributed by atoms with van der Waals surface area (Å²) in [4.78, 5) is 21.1. The topological polar surface area (TPSA) is 72.7 Å². The highest BCUT2D eigenvalue weighted by atomic mass is 32.1. The molecule has 4 rings (SSSR count). The standard InChI is InChI=1S/C18H19N5OS/c24-17(13-5-9-23-16(10-13)4-8-21-23)20-7-3-15-12-25-18(22-15)14-2-1-6-19-11-14/h1-2,4,6,8,11-13H,3,5,7,9-10H2,(H,20,24). The molecule has 0 saturated heterocycles. The Morgan fingerprint density at radius 2 is 2.32 bits per heavy atom. The number of carbonyl (C=O) groups is 1. The zero-order chi connectivity index (χ0) is 17.1. The summed E-state index contributed by atoms with van der Waals surface area (Å²) in [5, 5.41) is 10.3. The van der Waals surface area contributed by atoms with Crippen molar-refractivity contribution in [2.75, 3.05) is 6.54 Å². The van der Waals surface area contributed by atoms with Gasteiger partial charge in [-0.05, 0) is 24.6 Å². The van der Waals surface area contributed by atoms with Crippen molar-refractivity contribution in [1.82, 2.24) is 25.1 Å². The normalized spacial score (nSPS) is 16.4. The summed E-state index contributed by atoms with van der Waals surface area (Å²) in [6, 6.07) is 5.91. The van der Waals surface area contributed by atoms with Gasteiger partial charge in [0.2, 0.25) is 5.91 Å². The molecule has 3 aromatic heterocycles. The van der Waals surface area contributed by atoms with Gasteiger partial charge in [-0.15, -0.1) is 11.3 Å². The molecule has 1 atom stereocenters. The number of thiazole rings is 1. The predicted octanol–water partition coefficient (Wildman–Crippen LogP) is 2.32. The van der Waals surface area contributed by atoms with Gasteiger partial charge in [-0.2, -0.15) is 5.10 Å². The number of hydrogen-bond acceptors (Lipinski definition) is 5. The van der Waals surface area contributed by atoms with Gasteiger partial charge < -0.3 is 5.32 Å². The molecule has 7 heteroatoms. The minimum Gasteiger partial charge on any atom is -0.355 e. The molecule has 0 aromatic carbocycles. The van der Waals surface area contributed by atoms with E-state index in [0.717, 1.165) is 47.8 Å². The second-order valence-corrected chi connectivity index (χ2v) is 7.02. The van der Waals surface area contributed by atoms with E-state index in [1.165, 1.54) is 0 Å². The van der Waals surface area contributed by atoms with Crippen LogP contribution >= 0.6 is 11.3 Å². The van der Waals surface area contributed by atoms with E-state index in [-0.39, 0.29) is 11.8 Å². The lowest BCUT2D eigenvalue weighted by Crippen LogP contribution is -2.36. The number of amides is 1. The molecule has 128 valence electrons. The van der Waals surface area contributed by atoms with Crippen molar-refractivity contribution in [1.29, 1.82) is 0 Å². The lowest BCUT2D eigenvalue weighted by molar-refractivity contribution is -0.125. The Bertz CT molecular complexity index is 857. The van der Waals surface area contributed by atoms with Gasteiger partial charge in [0.1, 0.15) is 5.01 Å². The largest absolute Gasteiger partial charge is 0.355 e. The SMILES string of the molecule is O=C(NCCc1csc(-c2cccnc2)n1)C1CCn2nccc2C1. The van der Waals surface area contributed by atoms with Crippen LogP contribution in [0.1, 0.15) is 17.8 Å². The first-order valence-electron chi connectivity index (χ1n) is 8.43. The van der Waals surface area contributed by atoms with E-state index in [1.54, 1.807) is 23.7 Å². The van der Waals surface area contributed by atoms with E-state index in [2.05, 4.69) is 20.4 Å². The van der Waals surface area contributed by atoms with E-state index < -0.39 is 0 Å². The fraction of sp³-hybridized carbons (Fsp3) is 0.333. The smallest absolute Gasteiger partial charge is 0.223 e. The molecule has 0 aliphatic carbocycles. The Morgan fingerprint density at radius 3 is 3.20 bits per heavy atom. The molecular formula is C18H19N5OS. The third kappa shape index (κ3) is 3.61. The first-order chi connectivity index (χ1) is 12.3. The summed E-state index contributed by atoms with van der Waals surface area (Å²) in [6.45, 7) is 1.44. The van der Waals surface area contributed by atoms with Crippen LogP contribution in [0.4, 0.5) is 0 Å². The van der Waals surface area contributed by atoms with Crippen LogP contribution < -0.4 is 5.32 Å². The maximum absolute atomic E-state index is 12.4. The van der Waals surface area contributed by atoms with Crippen molar-refractivity contribution in [2.45, 2.75) is 25.8 Å². The van der Waals surface area contributed by atoms with Crippen LogP contribution in [0.2, 0.25) is 0 Å². The molecule has 25 heavy (non-hydrogen) atoms. The highest BCUT2D eigenvalue weighted by molar-refractivity contribution is 7.13. The van der Waals surface area contributed by atoms with Gasteiger partial charge in [-0.1, -0.05) is 0 Å². The number of nitrogens with one attached hydrogen (secondary N) is 1. The number of fused-ring (bicyclic) bond motifs is 1.